The number of benzene rings is 6. The molecule has 6 aromatic rings. The van der Waals surface area contributed by atoms with E-state index in [9.17, 15) is 0 Å². The van der Waals surface area contributed by atoms with Crippen LogP contribution in [0.4, 0.5) is 0 Å². The van der Waals surface area contributed by atoms with Crippen LogP contribution in [-0.2, 0) is 77.5 Å². The lowest BCUT2D eigenvalue weighted by molar-refractivity contribution is -0.329. The maximum Gasteiger partial charge on any atom is 0.187 e. The van der Waals surface area contributed by atoms with E-state index in [-0.39, 0.29) is 19.3 Å². The van der Waals surface area contributed by atoms with Gasteiger partial charge in [0, 0.05) is 0 Å². The third kappa shape index (κ3) is 21.1. The van der Waals surface area contributed by atoms with Gasteiger partial charge < -0.3 is 43.6 Å². The second-order valence-electron chi connectivity index (χ2n) is 20.1. The van der Waals surface area contributed by atoms with Gasteiger partial charge in [0.2, 0.25) is 0 Å². The SMILES string of the molecule is CCCCCCCCCCCCCC[C@@H](OCc1ccccc1)[C@H](OCc1ccccc1)[C@@H](N)CO[C@H]1O[C@H](COCc2ccccc2)[C@H](OCc2ccccc2)[C@H](OCc2ccccc2)[C@H]1OCc1ccccc1. The first-order chi connectivity index (χ1) is 37.1. The van der Waals surface area contributed by atoms with Crippen molar-refractivity contribution in [2.75, 3.05) is 13.2 Å². The molecular formula is C66H85NO8. The Bertz CT molecular complexity index is 2310. The molecule has 0 aromatic heterocycles. The van der Waals surface area contributed by atoms with Crippen LogP contribution in [-0.4, -0.2) is 62.2 Å². The first kappa shape index (κ1) is 57.7. The zero-order chi connectivity index (χ0) is 51.8. The summed E-state index contributed by atoms with van der Waals surface area (Å²) in [7, 11) is 0. The Morgan fingerprint density at radius 1 is 0.400 bits per heavy atom. The number of rotatable bonds is 37. The topological polar surface area (TPSA) is 99.9 Å². The number of nitrogens with two attached hydrogens (primary N) is 1. The molecule has 0 spiro atoms. The fraction of sp³-hybridized carbons (Fsp3) is 0.455. The van der Waals surface area contributed by atoms with Crippen molar-refractivity contribution in [2.45, 2.75) is 179 Å². The van der Waals surface area contributed by atoms with Crippen LogP contribution in [0, 0.1) is 0 Å². The molecule has 0 aliphatic carbocycles. The monoisotopic (exact) mass is 1020 g/mol. The molecule has 9 nitrogen and oxygen atoms in total. The van der Waals surface area contributed by atoms with Gasteiger partial charge in [-0.2, -0.15) is 0 Å². The first-order valence-corrected chi connectivity index (χ1v) is 28.0. The summed E-state index contributed by atoms with van der Waals surface area (Å²) in [6.07, 6.45) is 11.8. The molecule has 1 aliphatic rings. The Kier molecular flexibility index (Phi) is 26.6. The average Bonchev–Trinajstić information content (AvgIpc) is 3.46. The Labute approximate surface area is 449 Å². The summed E-state index contributed by atoms with van der Waals surface area (Å²) < 4.78 is 55.3. The number of ether oxygens (including phenoxy) is 8. The molecule has 0 radical (unpaired) electrons. The molecule has 9 heteroatoms. The molecule has 0 bridgehead atoms. The predicted molar refractivity (Wildman–Crippen MR) is 299 cm³/mol. The van der Waals surface area contributed by atoms with Crippen molar-refractivity contribution < 1.29 is 37.9 Å². The van der Waals surface area contributed by atoms with E-state index < -0.39 is 42.9 Å². The second kappa shape index (κ2) is 34.6. The van der Waals surface area contributed by atoms with E-state index in [2.05, 4.69) is 91.9 Å². The lowest BCUT2D eigenvalue weighted by atomic mass is 9.97. The lowest BCUT2D eigenvalue weighted by Crippen LogP contribution is -2.62. The van der Waals surface area contributed by atoms with Crippen LogP contribution in [0.25, 0.3) is 0 Å². The minimum Gasteiger partial charge on any atom is -0.374 e. The normalized spacial score (nSPS) is 18.9. The van der Waals surface area contributed by atoms with Gasteiger partial charge in [-0.15, -0.1) is 0 Å². The molecule has 1 aliphatic heterocycles. The van der Waals surface area contributed by atoms with Gasteiger partial charge in [0.15, 0.2) is 6.29 Å². The van der Waals surface area contributed by atoms with Crippen molar-refractivity contribution in [2.24, 2.45) is 5.73 Å². The summed E-state index contributed by atoms with van der Waals surface area (Å²) in [6, 6.07) is 60.7. The predicted octanol–water partition coefficient (Wildman–Crippen LogP) is 14.3. The van der Waals surface area contributed by atoms with Gasteiger partial charge in [0.1, 0.15) is 30.5 Å². The molecule has 1 fully saturated rings. The van der Waals surface area contributed by atoms with E-state index in [1.54, 1.807) is 0 Å². The van der Waals surface area contributed by atoms with Crippen molar-refractivity contribution in [3.8, 4) is 0 Å². The van der Waals surface area contributed by atoms with E-state index in [0.29, 0.717) is 39.6 Å². The molecule has 1 heterocycles. The van der Waals surface area contributed by atoms with Crippen LogP contribution in [0.15, 0.2) is 182 Å². The summed E-state index contributed by atoms with van der Waals surface area (Å²) in [5.41, 5.74) is 13.7. The zero-order valence-corrected chi connectivity index (χ0v) is 44.6. The molecule has 7 rings (SSSR count). The van der Waals surface area contributed by atoms with Crippen LogP contribution in [0.1, 0.15) is 124 Å². The molecule has 6 aromatic carbocycles. The molecule has 402 valence electrons. The van der Waals surface area contributed by atoms with Crippen molar-refractivity contribution in [1.29, 1.82) is 0 Å². The van der Waals surface area contributed by atoms with Gasteiger partial charge in [0.05, 0.1) is 65.0 Å². The number of hydrogen-bond acceptors (Lipinski definition) is 9. The van der Waals surface area contributed by atoms with E-state index in [0.717, 1.165) is 52.6 Å². The maximum atomic E-state index is 7.40. The Balaban J connectivity index is 1.13. The highest BCUT2D eigenvalue weighted by molar-refractivity contribution is 5.18. The lowest BCUT2D eigenvalue weighted by Gasteiger charge is -2.46. The van der Waals surface area contributed by atoms with Crippen LogP contribution < -0.4 is 5.73 Å². The van der Waals surface area contributed by atoms with Gasteiger partial charge in [0.25, 0.3) is 0 Å². The molecule has 0 unspecified atom stereocenters. The van der Waals surface area contributed by atoms with E-state index in [1.165, 1.54) is 64.2 Å². The van der Waals surface area contributed by atoms with Crippen LogP contribution in [0.2, 0.25) is 0 Å². The van der Waals surface area contributed by atoms with Crippen LogP contribution in [0.5, 0.6) is 0 Å². The zero-order valence-electron chi connectivity index (χ0n) is 44.6. The highest BCUT2D eigenvalue weighted by atomic mass is 16.7. The van der Waals surface area contributed by atoms with E-state index in [4.69, 9.17) is 43.6 Å². The van der Waals surface area contributed by atoms with E-state index >= 15 is 0 Å². The standard InChI is InChI=1S/C66H85NO8/c1-2-3-4-5-6-7-8-9-10-11-12-31-44-60(69-46-54-34-21-14-22-35-54)62(70-47-55-36-23-15-24-37-55)59(67)51-74-66-65(73-50-58-42-29-18-30-43-58)64(72-49-57-40-27-17-28-41-57)63(71-48-56-38-25-16-26-39-56)61(75-66)52-68-45-53-32-19-13-20-33-53/h13-30,32-43,59-66H,2-12,31,44-52,67H2,1H3/t59-,60+,61+,62+,63-,64-,65+,66-/m0/s1. The Morgan fingerprint density at radius 2 is 0.773 bits per heavy atom. The number of hydrogen-bond donors (Lipinski definition) is 1. The van der Waals surface area contributed by atoms with E-state index in [1.807, 2.05) is 97.1 Å². The van der Waals surface area contributed by atoms with Crippen molar-refractivity contribution in [3.63, 3.8) is 0 Å². The van der Waals surface area contributed by atoms with Crippen molar-refractivity contribution >= 4 is 0 Å². The molecule has 75 heavy (non-hydrogen) atoms. The third-order valence-corrected chi connectivity index (χ3v) is 14.0. The van der Waals surface area contributed by atoms with Crippen LogP contribution in [0.3, 0.4) is 0 Å². The molecule has 0 saturated carbocycles. The minimum absolute atomic E-state index is 0.0947. The summed E-state index contributed by atoms with van der Waals surface area (Å²) in [5, 5.41) is 0. The van der Waals surface area contributed by atoms with Gasteiger partial charge in [-0.3, -0.25) is 0 Å². The fourth-order valence-corrected chi connectivity index (χ4v) is 9.76. The maximum absolute atomic E-state index is 7.40. The second-order valence-corrected chi connectivity index (χ2v) is 20.1. The highest BCUT2D eigenvalue weighted by Crippen LogP contribution is 2.32. The summed E-state index contributed by atoms with van der Waals surface area (Å²) >= 11 is 0. The average molecular weight is 1020 g/mol. The summed E-state index contributed by atoms with van der Waals surface area (Å²) in [5.74, 6) is 0. The van der Waals surface area contributed by atoms with Crippen molar-refractivity contribution in [1.82, 2.24) is 0 Å². The smallest absolute Gasteiger partial charge is 0.187 e. The Morgan fingerprint density at radius 3 is 1.23 bits per heavy atom. The number of unbranched alkanes of at least 4 members (excludes halogenated alkanes) is 11. The molecule has 8 atom stereocenters. The molecular weight excluding hydrogens is 935 g/mol. The van der Waals surface area contributed by atoms with Gasteiger partial charge in [-0.05, 0) is 39.8 Å². The minimum atomic E-state index is -0.919. The highest BCUT2D eigenvalue weighted by Gasteiger charge is 2.49. The molecule has 2 N–H and O–H groups in total. The third-order valence-electron chi connectivity index (χ3n) is 14.0. The van der Waals surface area contributed by atoms with Gasteiger partial charge >= 0.3 is 0 Å². The van der Waals surface area contributed by atoms with Gasteiger partial charge in [-0.25, -0.2) is 0 Å². The van der Waals surface area contributed by atoms with Crippen molar-refractivity contribution in [3.05, 3.63) is 215 Å². The largest absolute Gasteiger partial charge is 0.374 e. The summed E-state index contributed by atoms with van der Waals surface area (Å²) in [4.78, 5) is 0. The Hall–Kier alpha value is -5.04. The first-order valence-electron chi connectivity index (χ1n) is 28.0. The quantitative estimate of drug-likeness (QED) is 0.0382. The molecule has 1 saturated heterocycles. The van der Waals surface area contributed by atoms with Crippen LogP contribution >= 0.6 is 0 Å². The molecule has 0 amide bonds. The summed E-state index contributed by atoms with van der Waals surface area (Å²) in [6.45, 7) is 4.76. The van der Waals surface area contributed by atoms with Gasteiger partial charge in [-0.1, -0.05) is 266 Å². The fourth-order valence-electron chi connectivity index (χ4n) is 9.76.